The molecule has 0 amide bonds. The Hall–Kier alpha value is -2.25. The molecule has 1 unspecified atom stereocenters. The topological polar surface area (TPSA) is 65.1 Å². The molecule has 2 aromatic rings. The van der Waals surface area contributed by atoms with Gasteiger partial charge in [0.1, 0.15) is 10.6 Å². The first-order valence-corrected chi connectivity index (χ1v) is 9.56. The van der Waals surface area contributed by atoms with Crippen molar-refractivity contribution >= 4 is 10.0 Å². The Balaban J connectivity index is 1.58. The molecular weight excluding hydrogens is 342 g/mol. The third-order valence-corrected chi connectivity index (χ3v) is 6.61. The molecule has 0 radical (unpaired) electrons. The van der Waals surface area contributed by atoms with Crippen molar-refractivity contribution in [2.45, 2.75) is 17.2 Å². The lowest BCUT2D eigenvalue weighted by Gasteiger charge is -2.18. The molecule has 2 aliphatic heterocycles. The lowest BCUT2D eigenvalue weighted by atomic mass is 9.98. The van der Waals surface area contributed by atoms with Crippen LogP contribution >= 0.6 is 0 Å². The molecule has 132 valence electrons. The predicted octanol–water partition coefficient (Wildman–Crippen LogP) is 2.60. The number of hydrogen-bond donors (Lipinski definition) is 0. The molecule has 0 N–H and O–H groups in total. The van der Waals surface area contributed by atoms with Gasteiger partial charge in [-0.3, -0.25) is 0 Å². The summed E-state index contributed by atoms with van der Waals surface area (Å²) < 4.78 is 43.5. The highest BCUT2D eigenvalue weighted by Crippen LogP contribution is 2.38. The Bertz CT molecular complexity index is 896. The summed E-state index contributed by atoms with van der Waals surface area (Å²) >= 11 is 0. The van der Waals surface area contributed by atoms with Gasteiger partial charge in [-0.15, -0.1) is 0 Å². The van der Waals surface area contributed by atoms with Gasteiger partial charge in [-0.1, -0.05) is 18.2 Å². The number of benzene rings is 2. The number of ether oxygens (including phenoxy) is 3. The molecule has 2 aliphatic rings. The first kappa shape index (κ1) is 16.2. The van der Waals surface area contributed by atoms with E-state index in [-0.39, 0.29) is 17.6 Å². The van der Waals surface area contributed by atoms with Gasteiger partial charge in [-0.05, 0) is 42.2 Å². The van der Waals surface area contributed by atoms with Crippen LogP contribution in [-0.2, 0) is 10.0 Å². The summed E-state index contributed by atoms with van der Waals surface area (Å²) in [6.45, 7) is 1.16. The lowest BCUT2D eigenvalue weighted by Crippen LogP contribution is -2.29. The van der Waals surface area contributed by atoms with E-state index in [9.17, 15) is 8.42 Å². The van der Waals surface area contributed by atoms with Crippen LogP contribution < -0.4 is 14.2 Å². The zero-order valence-corrected chi connectivity index (χ0v) is 14.7. The van der Waals surface area contributed by atoms with Gasteiger partial charge >= 0.3 is 0 Å². The fraction of sp³-hybridized carbons (Fsp3) is 0.333. The standard InChI is InChI=1S/C18H19NO5S/c1-22-16-4-2-3-5-18(16)25(20,21)19-9-8-14(11-19)13-6-7-15-17(10-13)24-12-23-15/h2-7,10,14H,8-9,11-12H2,1H3. The van der Waals surface area contributed by atoms with Crippen LogP contribution in [0.3, 0.4) is 0 Å². The van der Waals surface area contributed by atoms with Crippen molar-refractivity contribution in [2.75, 3.05) is 27.0 Å². The first-order chi connectivity index (χ1) is 12.1. The fourth-order valence-electron chi connectivity index (χ4n) is 3.36. The summed E-state index contributed by atoms with van der Waals surface area (Å²) in [7, 11) is -2.10. The lowest BCUT2D eigenvalue weighted by molar-refractivity contribution is 0.174. The average Bonchev–Trinajstić information content (AvgIpc) is 3.30. The van der Waals surface area contributed by atoms with E-state index in [2.05, 4.69) is 0 Å². The van der Waals surface area contributed by atoms with Crippen LogP contribution in [0.1, 0.15) is 17.9 Å². The van der Waals surface area contributed by atoms with E-state index in [1.807, 2.05) is 18.2 Å². The van der Waals surface area contributed by atoms with Crippen LogP contribution in [0.4, 0.5) is 0 Å². The molecule has 1 atom stereocenters. The van der Waals surface area contributed by atoms with Gasteiger partial charge < -0.3 is 14.2 Å². The maximum Gasteiger partial charge on any atom is 0.246 e. The molecule has 1 fully saturated rings. The minimum atomic E-state index is -3.58. The summed E-state index contributed by atoms with van der Waals surface area (Å²) in [4.78, 5) is 0.212. The zero-order chi connectivity index (χ0) is 17.4. The average molecular weight is 361 g/mol. The van der Waals surface area contributed by atoms with Crippen LogP contribution in [0.2, 0.25) is 0 Å². The molecule has 0 aromatic heterocycles. The number of methoxy groups -OCH3 is 1. The van der Waals surface area contributed by atoms with Crippen molar-refractivity contribution in [1.82, 2.24) is 4.31 Å². The first-order valence-electron chi connectivity index (χ1n) is 8.12. The number of fused-ring (bicyclic) bond motifs is 1. The highest BCUT2D eigenvalue weighted by atomic mass is 32.2. The van der Waals surface area contributed by atoms with Gasteiger partial charge in [0, 0.05) is 13.1 Å². The highest BCUT2D eigenvalue weighted by molar-refractivity contribution is 7.89. The maximum absolute atomic E-state index is 13.0. The van der Waals surface area contributed by atoms with E-state index in [4.69, 9.17) is 14.2 Å². The Morgan fingerprint density at radius 3 is 2.76 bits per heavy atom. The second-order valence-corrected chi connectivity index (χ2v) is 8.02. The van der Waals surface area contributed by atoms with Crippen LogP contribution in [0.25, 0.3) is 0 Å². The smallest absolute Gasteiger partial charge is 0.246 e. The molecule has 2 aromatic carbocycles. The molecular formula is C18H19NO5S. The normalized spacial score (nSPS) is 20.0. The third-order valence-electron chi connectivity index (χ3n) is 4.71. The van der Waals surface area contributed by atoms with Crippen molar-refractivity contribution in [3.63, 3.8) is 0 Å². The number of para-hydroxylation sites is 1. The second kappa shape index (κ2) is 6.24. The molecule has 7 heteroatoms. The minimum Gasteiger partial charge on any atom is -0.495 e. The van der Waals surface area contributed by atoms with Crippen molar-refractivity contribution in [2.24, 2.45) is 0 Å². The molecule has 6 nitrogen and oxygen atoms in total. The molecule has 0 spiro atoms. The number of nitrogens with zero attached hydrogens (tertiary/aromatic N) is 1. The molecule has 1 saturated heterocycles. The summed E-state index contributed by atoms with van der Waals surface area (Å²) in [6.07, 6.45) is 0.772. The summed E-state index contributed by atoms with van der Waals surface area (Å²) in [5.41, 5.74) is 1.07. The monoisotopic (exact) mass is 361 g/mol. The fourth-order valence-corrected chi connectivity index (χ4v) is 5.01. The molecule has 0 bridgehead atoms. The molecule has 2 heterocycles. The van der Waals surface area contributed by atoms with Gasteiger partial charge in [0.25, 0.3) is 0 Å². The number of rotatable bonds is 4. The predicted molar refractivity (Wildman–Crippen MR) is 91.7 cm³/mol. The summed E-state index contributed by atoms with van der Waals surface area (Å²) in [5, 5.41) is 0. The Kier molecular flexibility index (Phi) is 4.05. The molecule has 25 heavy (non-hydrogen) atoms. The van der Waals surface area contributed by atoms with Crippen molar-refractivity contribution < 1.29 is 22.6 Å². The van der Waals surface area contributed by atoms with E-state index < -0.39 is 10.0 Å². The second-order valence-electron chi connectivity index (χ2n) is 6.11. The quantitative estimate of drug-likeness (QED) is 0.838. The molecule has 0 aliphatic carbocycles. The number of hydrogen-bond acceptors (Lipinski definition) is 5. The molecule has 4 rings (SSSR count). The minimum absolute atomic E-state index is 0.138. The van der Waals surface area contributed by atoms with E-state index in [1.54, 1.807) is 24.3 Å². The van der Waals surface area contributed by atoms with Crippen LogP contribution in [0.15, 0.2) is 47.4 Å². The van der Waals surface area contributed by atoms with Crippen molar-refractivity contribution in [1.29, 1.82) is 0 Å². The van der Waals surface area contributed by atoms with Crippen molar-refractivity contribution in [3.8, 4) is 17.2 Å². The van der Waals surface area contributed by atoms with E-state index in [1.165, 1.54) is 11.4 Å². The van der Waals surface area contributed by atoms with E-state index in [0.29, 0.717) is 18.8 Å². The van der Waals surface area contributed by atoms with E-state index >= 15 is 0 Å². The Labute approximate surface area is 147 Å². The Morgan fingerprint density at radius 1 is 1.12 bits per heavy atom. The van der Waals surface area contributed by atoms with Gasteiger partial charge in [-0.2, -0.15) is 4.31 Å². The molecule has 0 saturated carbocycles. The van der Waals surface area contributed by atoms with Crippen LogP contribution in [0, 0.1) is 0 Å². The van der Waals surface area contributed by atoms with Gasteiger partial charge in [-0.25, -0.2) is 8.42 Å². The number of sulfonamides is 1. The van der Waals surface area contributed by atoms with Crippen molar-refractivity contribution in [3.05, 3.63) is 48.0 Å². The van der Waals surface area contributed by atoms with Gasteiger partial charge in [0.15, 0.2) is 11.5 Å². The van der Waals surface area contributed by atoms with Gasteiger partial charge in [0.05, 0.1) is 7.11 Å². The highest BCUT2D eigenvalue weighted by Gasteiger charge is 2.35. The summed E-state index contributed by atoms with van der Waals surface area (Å²) in [5.74, 6) is 1.97. The Morgan fingerprint density at radius 2 is 1.92 bits per heavy atom. The third kappa shape index (κ3) is 2.83. The van der Waals surface area contributed by atoms with E-state index in [0.717, 1.165) is 23.5 Å². The maximum atomic E-state index is 13.0. The summed E-state index contributed by atoms with van der Waals surface area (Å²) in [6, 6.07) is 12.5. The van der Waals surface area contributed by atoms with Crippen LogP contribution in [0.5, 0.6) is 17.2 Å². The zero-order valence-electron chi connectivity index (χ0n) is 13.8. The van der Waals surface area contributed by atoms with Crippen LogP contribution in [-0.4, -0.2) is 39.7 Å². The largest absolute Gasteiger partial charge is 0.495 e. The SMILES string of the molecule is COc1ccccc1S(=O)(=O)N1CCC(c2ccc3c(c2)OCO3)C1. The van der Waals surface area contributed by atoms with Gasteiger partial charge in [0.2, 0.25) is 16.8 Å².